The van der Waals surface area contributed by atoms with Crippen LogP contribution in [0.25, 0.3) is 0 Å². The molecule has 1 aromatic heterocycles. The third-order valence-corrected chi connectivity index (χ3v) is 3.32. The molecular weight excluding hydrogens is 271 g/mol. The number of nitrogens with two attached hydrogens (primary N) is 1. The van der Waals surface area contributed by atoms with Crippen molar-refractivity contribution >= 4 is 40.1 Å². The molecule has 0 atom stereocenters. The fourth-order valence-electron chi connectivity index (χ4n) is 1.39. The predicted molar refractivity (Wildman–Crippen MR) is 74.6 cm³/mol. The van der Waals surface area contributed by atoms with Crippen LogP contribution in [0.4, 0.5) is 10.1 Å². The number of thiocarbonyl (C=S) groups is 1. The van der Waals surface area contributed by atoms with Crippen LogP contribution in [-0.2, 0) is 0 Å². The molecule has 2 aromatic rings. The molecule has 6 heteroatoms. The average molecular weight is 280 g/mol. The van der Waals surface area contributed by atoms with E-state index in [0.29, 0.717) is 10.6 Å². The lowest BCUT2D eigenvalue weighted by Crippen LogP contribution is -2.14. The van der Waals surface area contributed by atoms with Crippen molar-refractivity contribution in [1.29, 1.82) is 0 Å². The van der Waals surface area contributed by atoms with Gasteiger partial charge in [-0.15, -0.1) is 11.3 Å². The zero-order chi connectivity index (χ0) is 13.1. The molecule has 3 N–H and O–H groups in total. The number of thiophene rings is 1. The van der Waals surface area contributed by atoms with Gasteiger partial charge in [-0.1, -0.05) is 18.3 Å². The van der Waals surface area contributed by atoms with Crippen molar-refractivity contribution in [3.63, 3.8) is 0 Å². The molecule has 0 fully saturated rings. The van der Waals surface area contributed by atoms with Gasteiger partial charge in [0.1, 0.15) is 10.8 Å². The number of nitrogens with one attached hydrogen (secondary N) is 1. The van der Waals surface area contributed by atoms with Gasteiger partial charge in [-0.3, -0.25) is 4.79 Å². The summed E-state index contributed by atoms with van der Waals surface area (Å²) in [5.74, 6) is -0.748. The first-order valence-electron chi connectivity index (χ1n) is 5.02. The minimum atomic E-state index is -0.503. The number of anilines is 1. The van der Waals surface area contributed by atoms with E-state index in [4.69, 9.17) is 18.0 Å². The van der Waals surface area contributed by atoms with Crippen molar-refractivity contribution in [3.05, 3.63) is 52.0 Å². The van der Waals surface area contributed by atoms with Gasteiger partial charge in [0.15, 0.2) is 0 Å². The summed E-state index contributed by atoms with van der Waals surface area (Å²) in [4.78, 5) is 12.3. The van der Waals surface area contributed by atoms with E-state index in [9.17, 15) is 9.18 Å². The van der Waals surface area contributed by atoms with Crippen molar-refractivity contribution in [2.45, 2.75) is 0 Å². The second kappa shape index (κ2) is 5.24. The van der Waals surface area contributed by atoms with Gasteiger partial charge < -0.3 is 11.1 Å². The molecule has 92 valence electrons. The monoisotopic (exact) mass is 280 g/mol. The van der Waals surface area contributed by atoms with Gasteiger partial charge in [0, 0.05) is 11.3 Å². The molecular formula is C12H9FN2OS2. The molecule has 0 unspecified atom stereocenters. The van der Waals surface area contributed by atoms with Crippen molar-refractivity contribution < 1.29 is 9.18 Å². The Bertz CT molecular complexity index is 596. The highest BCUT2D eigenvalue weighted by Crippen LogP contribution is 2.17. The highest BCUT2D eigenvalue weighted by Gasteiger charge is 2.10. The Morgan fingerprint density at radius 2 is 2.17 bits per heavy atom. The van der Waals surface area contributed by atoms with Gasteiger partial charge in [0.2, 0.25) is 0 Å². The molecule has 1 amide bonds. The Kier molecular flexibility index (Phi) is 3.69. The Balaban J connectivity index is 2.22. The van der Waals surface area contributed by atoms with Crippen LogP contribution in [0.5, 0.6) is 0 Å². The third kappa shape index (κ3) is 2.72. The largest absolute Gasteiger partial charge is 0.389 e. The Morgan fingerprint density at radius 3 is 2.78 bits per heavy atom. The maximum Gasteiger partial charge on any atom is 0.265 e. The number of carbonyl (C=O) groups is 1. The predicted octanol–water partition coefficient (Wildman–Crippen LogP) is 2.77. The van der Waals surface area contributed by atoms with Crippen LogP contribution in [-0.4, -0.2) is 10.9 Å². The third-order valence-electron chi connectivity index (χ3n) is 2.23. The van der Waals surface area contributed by atoms with Crippen LogP contribution < -0.4 is 11.1 Å². The second-order valence-corrected chi connectivity index (χ2v) is 4.88. The van der Waals surface area contributed by atoms with Crippen LogP contribution in [0.2, 0.25) is 0 Å². The smallest absolute Gasteiger partial charge is 0.265 e. The van der Waals surface area contributed by atoms with Gasteiger partial charge in [0.25, 0.3) is 5.91 Å². The topological polar surface area (TPSA) is 55.1 Å². The molecule has 1 aromatic carbocycles. The van der Waals surface area contributed by atoms with E-state index >= 15 is 0 Å². The van der Waals surface area contributed by atoms with Crippen LogP contribution >= 0.6 is 23.6 Å². The molecule has 0 saturated heterocycles. The van der Waals surface area contributed by atoms with E-state index in [-0.39, 0.29) is 16.5 Å². The summed E-state index contributed by atoms with van der Waals surface area (Å²) < 4.78 is 13.4. The van der Waals surface area contributed by atoms with Crippen LogP contribution in [0.1, 0.15) is 15.2 Å². The van der Waals surface area contributed by atoms with Gasteiger partial charge in [0.05, 0.1) is 4.88 Å². The summed E-state index contributed by atoms with van der Waals surface area (Å²) in [5, 5.41) is 4.46. The van der Waals surface area contributed by atoms with Crippen LogP contribution in [0, 0.1) is 5.82 Å². The molecule has 3 nitrogen and oxygen atoms in total. The lowest BCUT2D eigenvalue weighted by Gasteiger charge is -2.06. The first kappa shape index (κ1) is 12.7. The lowest BCUT2D eigenvalue weighted by molar-refractivity contribution is 0.103. The minimum Gasteiger partial charge on any atom is -0.389 e. The molecule has 0 aliphatic rings. The summed E-state index contributed by atoms with van der Waals surface area (Å²) in [6, 6.07) is 7.59. The Hall–Kier alpha value is -1.79. The second-order valence-electron chi connectivity index (χ2n) is 3.49. The zero-order valence-corrected chi connectivity index (χ0v) is 10.8. The average Bonchev–Trinajstić information content (AvgIpc) is 2.85. The van der Waals surface area contributed by atoms with E-state index in [1.807, 2.05) is 0 Å². The molecule has 1 heterocycles. The quantitative estimate of drug-likeness (QED) is 0.850. The summed E-state index contributed by atoms with van der Waals surface area (Å²) in [6.45, 7) is 0. The molecule has 0 spiro atoms. The van der Waals surface area contributed by atoms with Gasteiger partial charge in [-0.25, -0.2) is 4.39 Å². The number of hydrogen-bond donors (Lipinski definition) is 2. The number of rotatable bonds is 3. The maximum atomic E-state index is 13.4. The molecule has 0 bridgehead atoms. The molecule has 0 saturated carbocycles. The normalized spacial score (nSPS) is 10.1. The summed E-state index contributed by atoms with van der Waals surface area (Å²) >= 11 is 6.06. The highest BCUT2D eigenvalue weighted by molar-refractivity contribution is 7.80. The summed E-state index contributed by atoms with van der Waals surface area (Å²) in [5.41, 5.74) is 5.97. The molecule has 0 radical (unpaired) electrons. The van der Waals surface area contributed by atoms with Crippen molar-refractivity contribution in [2.24, 2.45) is 5.73 Å². The van der Waals surface area contributed by atoms with E-state index in [1.54, 1.807) is 17.5 Å². The van der Waals surface area contributed by atoms with E-state index in [0.717, 1.165) is 0 Å². The number of carbonyl (C=O) groups excluding carboxylic acids is 1. The highest BCUT2D eigenvalue weighted by atomic mass is 32.1. The maximum absolute atomic E-state index is 13.4. The molecule has 0 aliphatic heterocycles. The van der Waals surface area contributed by atoms with Gasteiger partial charge in [-0.05, 0) is 29.6 Å². The fourth-order valence-corrected chi connectivity index (χ4v) is 2.17. The zero-order valence-electron chi connectivity index (χ0n) is 9.14. The number of benzene rings is 1. The number of hydrogen-bond acceptors (Lipinski definition) is 3. The van der Waals surface area contributed by atoms with Crippen molar-refractivity contribution in [3.8, 4) is 0 Å². The standard InChI is InChI=1S/C12H9FN2OS2/c13-9-4-3-7(6-8(9)11(14)17)15-12(16)10-2-1-5-18-10/h1-6H,(H2,14,17)(H,15,16). The van der Waals surface area contributed by atoms with Crippen molar-refractivity contribution in [1.82, 2.24) is 0 Å². The number of halogens is 1. The SMILES string of the molecule is NC(=S)c1cc(NC(=O)c2cccs2)ccc1F. The van der Waals surface area contributed by atoms with Gasteiger partial charge in [-0.2, -0.15) is 0 Å². The Labute approximate surface area is 112 Å². The molecule has 0 aliphatic carbocycles. The van der Waals surface area contributed by atoms with E-state index in [2.05, 4.69) is 5.32 Å². The summed E-state index contributed by atoms with van der Waals surface area (Å²) in [6.07, 6.45) is 0. The minimum absolute atomic E-state index is 0.0419. The van der Waals surface area contributed by atoms with Gasteiger partial charge >= 0.3 is 0 Å². The number of amides is 1. The van der Waals surface area contributed by atoms with Crippen LogP contribution in [0.3, 0.4) is 0 Å². The Morgan fingerprint density at radius 1 is 1.39 bits per heavy atom. The first-order chi connectivity index (χ1) is 8.58. The molecule has 18 heavy (non-hydrogen) atoms. The van der Waals surface area contributed by atoms with Crippen molar-refractivity contribution in [2.75, 3.05) is 5.32 Å². The van der Waals surface area contributed by atoms with E-state index < -0.39 is 5.82 Å². The molecule has 2 rings (SSSR count). The first-order valence-corrected chi connectivity index (χ1v) is 6.31. The van der Waals surface area contributed by atoms with Crippen LogP contribution in [0.15, 0.2) is 35.7 Å². The lowest BCUT2D eigenvalue weighted by atomic mass is 10.2. The summed E-state index contributed by atoms with van der Waals surface area (Å²) in [7, 11) is 0. The fraction of sp³-hybridized carbons (Fsp3) is 0. The van der Waals surface area contributed by atoms with E-state index in [1.165, 1.54) is 29.5 Å².